The molecule has 0 bridgehead atoms. The van der Waals surface area contributed by atoms with E-state index in [2.05, 4.69) is 16.0 Å². The number of likely N-dealkylation sites (N-methyl/N-ethyl adjacent to an activating group) is 1. The van der Waals surface area contributed by atoms with E-state index in [0.29, 0.717) is 40.9 Å². The first-order chi connectivity index (χ1) is 24.1. The van der Waals surface area contributed by atoms with E-state index in [0.717, 1.165) is 19.3 Å². The molecule has 0 spiro atoms. The van der Waals surface area contributed by atoms with Crippen molar-refractivity contribution in [2.75, 3.05) is 56.1 Å². The number of hydrogen-bond acceptors (Lipinski definition) is 8. The number of para-hydroxylation sites is 1. The fourth-order valence-electron chi connectivity index (χ4n) is 5.82. The lowest BCUT2D eigenvalue weighted by Crippen LogP contribution is -2.48. The number of carbonyl (C=O) groups is 3. The van der Waals surface area contributed by atoms with E-state index in [1.54, 1.807) is 60.2 Å². The molecule has 13 heteroatoms. The molecule has 3 aromatic rings. The van der Waals surface area contributed by atoms with Crippen LogP contribution in [-0.2, 0) is 4.74 Å². The van der Waals surface area contributed by atoms with Crippen molar-refractivity contribution in [1.29, 1.82) is 0 Å². The average molecular weight is 690 g/mol. The minimum Gasteiger partial charge on any atom is -0.490 e. The number of urea groups is 2. The maximum absolute atomic E-state index is 14.4. The number of rotatable bonds is 7. The fraction of sp³-hybridized carbons (Fsp3) is 0.432. The molecule has 268 valence electrons. The number of nitrogens with zero attached hydrogens (tertiary/aromatic N) is 2. The Morgan fingerprint density at radius 2 is 1.62 bits per heavy atom. The average Bonchev–Trinajstić information content (AvgIpc) is 3.58. The number of aliphatic hydroxyl groups is 1. The van der Waals surface area contributed by atoms with Crippen molar-refractivity contribution in [2.45, 2.75) is 58.3 Å². The highest BCUT2D eigenvalue weighted by molar-refractivity contribution is 6.02. The SMILES string of the molecule is C[C@@H]1CCCCO[C@@H](CN(C)C(=O)Nc2ccccc2)[C@H](C)CN([C@@H](C)CO)C(=O)c2cc(NC(=O)Nc3ccc4c(c3)OCO4)ccc2O1. The minimum absolute atomic E-state index is 0.121. The third-order valence-electron chi connectivity index (χ3n) is 8.77. The van der Waals surface area contributed by atoms with Gasteiger partial charge in [-0.05, 0) is 75.6 Å². The fourth-order valence-corrected chi connectivity index (χ4v) is 5.82. The predicted octanol–water partition coefficient (Wildman–Crippen LogP) is 6.02. The summed E-state index contributed by atoms with van der Waals surface area (Å²) in [5.41, 5.74) is 1.83. The Morgan fingerprint density at radius 1 is 0.920 bits per heavy atom. The predicted molar refractivity (Wildman–Crippen MR) is 190 cm³/mol. The Labute approximate surface area is 292 Å². The smallest absolute Gasteiger partial charge is 0.323 e. The summed E-state index contributed by atoms with van der Waals surface area (Å²) in [6.45, 7) is 6.55. The highest BCUT2D eigenvalue weighted by atomic mass is 16.7. The number of ether oxygens (including phenoxy) is 4. The Hall–Kier alpha value is -5.01. The zero-order chi connectivity index (χ0) is 35.6. The summed E-state index contributed by atoms with van der Waals surface area (Å²) >= 11 is 0. The first-order valence-electron chi connectivity index (χ1n) is 17.0. The number of fused-ring (bicyclic) bond motifs is 2. The molecule has 0 aromatic heterocycles. The molecule has 0 fully saturated rings. The van der Waals surface area contributed by atoms with Crippen LogP contribution >= 0.6 is 0 Å². The second-order valence-corrected chi connectivity index (χ2v) is 12.8. The molecule has 0 saturated heterocycles. The molecule has 2 aliphatic rings. The number of anilines is 3. The van der Waals surface area contributed by atoms with Crippen molar-refractivity contribution >= 4 is 35.0 Å². The Kier molecular flexibility index (Phi) is 12.4. The van der Waals surface area contributed by atoms with Crippen molar-refractivity contribution in [1.82, 2.24) is 9.80 Å². The van der Waals surface area contributed by atoms with Crippen LogP contribution < -0.4 is 30.2 Å². The maximum Gasteiger partial charge on any atom is 0.323 e. The number of benzene rings is 3. The molecule has 2 aliphatic heterocycles. The van der Waals surface area contributed by atoms with Gasteiger partial charge in [-0.3, -0.25) is 4.79 Å². The molecule has 5 amide bonds. The van der Waals surface area contributed by atoms with E-state index in [-0.39, 0.29) is 56.0 Å². The second-order valence-electron chi connectivity index (χ2n) is 12.8. The molecule has 0 unspecified atom stereocenters. The number of carbonyl (C=O) groups excluding carboxylic acids is 3. The summed E-state index contributed by atoms with van der Waals surface area (Å²) in [5, 5.41) is 18.7. The molecule has 0 aliphatic carbocycles. The van der Waals surface area contributed by atoms with E-state index >= 15 is 0 Å². The lowest BCUT2D eigenvalue weighted by Gasteiger charge is -2.35. The van der Waals surface area contributed by atoms with Crippen LogP contribution in [0.2, 0.25) is 0 Å². The van der Waals surface area contributed by atoms with Crippen LogP contribution in [0.1, 0.15) is 50.4 Å². The summed E-state index contributed by atoms with van der Waals surface area (Å²) in [5.74, 6) is 0.929. The van der Waals surface area contributed by atoms with Gasteiger partial charge in [0.25, 0.3) is 5.91 Å². The lowest BCUT2D eigenvalue weighted by molar-refractivity contribution is -0.0115. The van der Waals surface area contributed by atoms with Gasteiger partial charge in [-0.15, -0.1) is 0 Å². The first-order valence-corrected chi connectivity index (χ1v) is 17.0. The third-order valence-corrected chi connectivity index (χ3v) is 8.77. The zero-order valence-electron chi connectivity index (χ0n) is 29.0. The zero-order valence-corrected chi connectivity index (χ0v) is 29.0. The van der Waals surface area contributed by atoms with Gasteiger partial charge in [0.2, 0.25) is 6.79 Å². The topological polar surface area (TPSA) is 151 Å². The number of aliphatic hydroxyl groups excluding tert-OH is 1. The van der Waals surface area contributed by atoms with E-state index in [1.807, 2.05) is 44.2 Å². The summed E-state index contributed by atoms with van der Waals surface area (Å²) in [6, 6.07) is 17.9. The van der Waals surface area contributed by atoms with Crippen molar-refractivity contribution in [3.8, 4) is 17.2 Å². The quantitative estimate of drug-likeness (QED) is 0.235. The van der Waals surface area contributed by atoms with Crippen LogP contribution in [0, 0.1) is 5.92 Å². The Bertz CT molecular complexity index is 1620. The standard InChI is InChI=1S/C37H47N5O8/c1-24-20-42(25(2)22-43)35(44)30-18-28(38-36(45)39-29-14-16-32-33(19-29)49-23-48-32)13-15-31(30)50-26(3)10-8-9-17-47-34(24)21-41(4)37(46)40-27-11-6-5-7-12-27/h5-7,11-16,18-19,24-26,34,43H,8-10,17,20-23H2,1-4H3,(H,40,46)(H2,38,39,45)/t24-,25+,26-,34+/m1/s1. The molecule has 13 nitrogen and oxygen atoms in total. The molecule has 5 rings (SSSR count). The van der Waals surface area contributed by atoms with Gasteiger partial charge in [0, 0.05) is 55.8 Å². The monoisotopic (exact) mass is 689 g/mol. The molecule has 2 heterocycles. The highest BCUT2D eigenvalue weighted by Crippen LogP contribution is 2.34. The van der Waals surface area contributed by atoms with Gasteiger partial charge in [0.05, 0.1) is 30.4 Å². The Morgan fingerprint density at radius 3 is 2.36 bits per heavy atom. The van der Waals surface area contributed by atoms with Crippen LogP contribution in [0.25, 0.3) is 0 Å². The summed E-state index contributed by atoms with van der Waals surface area (Å²) in [4.78, 5) is 43.6. The van der Waals surface area contributed by atoms with Gasteiger partial charge in [-0.2, -0.15) is 0 Å². The van der Waals surface area contributed by atoms with E-state index in [1.165, 1.54) is 0 Å². The van der Waals surface area contributed by atoms with Crippen LogP contribution in [0.4, 0.5) is 26.7 Å². The number of hydrogen-bond donors (Lipinski definition) is 4. The van der Waals surface area contributed by atoms with Crippen molar-refractivity contribution in [3.05, 3.63) is 72.3 Å². The molecule has 0 saturated carbocycles. The maximum atomic E-state index is 14.4. The summed E-state index contributed by atoms with van der Waals surface area (Å²) in [6.07, 6.45) is 1.76. The van der Waals surface area contributed by atoms with Gasteiger partial charge in [-0.25, -0.2) is 9.59 Å². The highest BCUT2D eigenvalue weighted by Gasteiger charge is 2.31. The molecule has 4 N–H and O–H groups in total. The minimum atomic E-state index is -0.547. The van der Waals surface area contributed by atoms with Gasteiger partial charge in [0.1, 0.15) is 5.75 Å². The molecule has 50 heavy (non-hydrogen) atoms. The number of amides is 5. The van der Waals surface area contributed by atoms with E-state index in [4.69, 9.17) is 18.9 Å². The molecule has 0 radical (unpaired) electrons. The largest absolute Gasteiger partial charge is 0.490 e. The van der Waals surface area contributed by atoms with Crippen LogP contribution in [0.3, 0.4) is 0 Å². The van der Waals surface area contributed by atoms with Gasteiger partial charge in [0.15, 0.2) is 11.5 Å². The number of nitrogens with one attached hydrogen (secondary N) is 3. The molecule has 4 atom stereocenters. The van der Waals surface area contributed by atoms with Crippen molar-refractivity contribution in [2.24, 2.45) is 5.92 Å². The van der Waals surface area contributed by atoms with Gasteiger partial charge < -0.3 is 49.8 Å². The van der Waals surface area contributed by atoms with E-state index < -0.39 is 18.2 Å². The van der Waals surface area contributed by atoms with Crippen molar-refractivity contribution in [3.63, 3.8) is 0 Å². The summed E-state index contributed by atoms with van der Waals surface area (Å²) in [7, 11) is 1.71. The third kappa shape index (κ3) is 9.57. The van der Waals surface area contributed by atoms with Gasteiger partial charge >= 0.3 is 12.1 Å². The lowest BCUT2D eigenvalue weighted by atomic mass is 10.0. The Balaban J connectivity index is 1.36. The van der Waals surface area contributed by atoms with Crippen LogP contribution in [-0.4, -0.2) is 91.3 Å². The summed E-state index contributed by atoms with van der Waals surface area (Å²) < 4.78 is 23.4. The molecular weight excluding hydrogens is 642 g/mol. The van der Waals surface area contributed by atoms with Crippen molar-refractivity contribution < 1.29 is 38.4 Å². The normalized spacial score (nSPS) is 20.1. The van der Waals surface area contributed by atoms with E-state index in [9.17, 15) is 19.5 Å². The molecule has 3 aromatic carbocycles. The van der Waals surface area contributed by atoms with Crippen LogP contribution in [0.5, 0.6) is 17.2 Å². The van der Waals surface area contributed by atoms with Gasteiger partial charge in [-0.1, -0.05) is 25.1 Å². The van der Waals surface area contributed by atoms with Crippen LogP contribution in [0.15, 0.2) is 66.7 Å². The second kappa shape index (κ2) is 17.1. The molecular formula is C37H47N5O8. The first kappa shape index (κ1) is 36.3.